The number of rotatable bonds is 3. The first-order valence-corrected chi connectivity index (χ1v) is 11.7. The first kappa shape index (κ1) is 23.4. The molecule has 2 aromatic rings. The van der Waals surface area contributed by atoms with Crippen molar-refractivity contribution in [2.45, 2.75) is 31.3 Å². The second kappa shape index (κ2) is 9.25. The second-order valence-corrected chi connectivity index (χ2v) is 9.92. The first-order valence-electron chi connectivity index (χ1n) is 10.9. The van der Waals surface area contributed by atoms with Crippen molar-refractivity contribution in [2.75, 3.05) is 24.5 Å². The van der Waals surface area contributed by atoms with Crippen LogP contribution in [0.5, 0.6) is 0 Å². The zero-order valence-corrected chi connectivity index (χ0v) is 19.2. The topological polar surface area (TPSA) is 40.6 Å². The minimum Gasteiger partial charge on any atom is -0.341 e. The summed E-state index contributed by atoms with van der Waals surface area (Å²) in [4.78, 5) is 31.0. The number of fused-ring (bicyclic) bond motifs is 1. The van der Waals surface area contributed by atoms with E-state index in [1.165, 1.54) is 28.8 Å². The van der Waals surface area contributed by atoms with Crippen LogP contribution in [0.25, 0.3) is 6.08 Å². The van der Waals surface area contributed by atoms with Crippen molar-refractivity contribution in [3.8, 4) is 0 Å². The fourth-order valence-corrected chi connectivity index (χ4v) is 5.50. The van der Waals surface area contributed by atoms with Gasteiger partial charge in [-0.25, -0.2) is 0 Å². The molecule has 0 aliphatic carbocycles. The fourth-order valence-electron chi connectivity index (χ4n) is 4.44. The number of halogens is 3. The lowest BCUT2D eigenvalue weighted by Crippen LogP contribution is -2.49. The van der Waals surface area contributed by atoms with Gasteiger partial charge in [0, 0.05) is 18.0 Å². The van der Waals surface area contributed by atoms with Gasteiger partial charge >= 0.3 is 6.18 Å². The number of carbonyl (C=O) groups is 2. The van der Waals surface area contributed by atoms with Crippen LogP contribution in [0, 0.1) is 11.8 Å². The van der Waals surface area contributed by atoms with Crippen LogP contribution in [0.3, 0.4) is 0 Å². The summed E-state index contributed by atoms with van der Waals surface area (Å²) in [5, 5.41) is 0. The molecule has 0 N–H and O–H groups in total. The highest BCUT2D eigenvalue weighted by atomic mass is 32.2. The Labute approximate surface area is 195 Å². The highest BCUT2D eigenvalue weighted by Gasteiger charge is 2.34. The van der Waals surface area contributed by atoms with Gasteiger partial charge in [-0.3, -0.25) is 14.5 Å². The van der Waals surface area contributed by atoms with Gasteiger partial charge in [-0.2, -0.15) is 13.2 Å². The van der Waals surface area contributed by atoms with E-state index in [1.54, 1.807) is 6.08 Å². The highest BCUT2D eigenvalue weighted by Crippen LogP contribution is 2.42. The summed E-state index contributed by atoms with van der Waals surface area (Å²) in [6, 6.07) is 12.0. The molecule has 0 bridgehead atoms. The lowest BCUT2D eigenvalue weighted by Gasteiger charge is -2.37. The maximum absolute atomic E-state index is 13.4. The van der Waals surface area contributed by atoms with Crippen molar-refractivity contribution in [2.24, 2.45) is 11.8 Å². The van der Waals surface area contributed by atoms with Crippen LogP contribution in [-0.4, -0.2) is 36.3 Å². The average Bonchev–Trinajstić information content (AvgIpc) is 2.75. The molecule has 0 radical (unpaired) electrons. The molecular formula is C25H25F3N2O2S. The Bertz CT molecular complexity index is 1070. The Morgan fingerprint density at radius 2 is 1.70 bits per heavy atom. The number of nitrogens with zero attached hydrogens (tertiary/aromatic N) is 2. The summed E-state index contributed by atoms with van der Waals surface area (Å²) in [6.45, 7) is 5.53. The molecule has 174 valence electrons. The summed E-state index contributed by atoms with van der Waals surface area (Å²) in [7, 11) is 0. The summed E-state index contributed by atoms with van der Waals surface area (Å²) in [6.07, 6.45) is -1.77. The van der Waals surface area contributed by atoms with Gasteiger partial charge in [0.2, 0.25) is 5.91 Å². The number of anilines is 1. The molecule has 2 unspecified atom stereocenters. The molecule has 2 atom stereocenters. The highest BCUT2D eigenvalue weighted by molar-refractivity contribution is 8.04. The SMILES string of the molecule is CC1CC(C)CN(C(=O)CN2C(=O)/C(=C\c3ccc(C(F)(F)F)cc3)Sc3ccccc32)C1. The van der Waals surface area contributed by atoms with Crippen molar-refractivity contribution < 1.29 is 22.8 Å². The third-order valence-corrected chi connectivity index (χ3v) is 6.96. The van der Waals surface area contributed by atoms with Crippen LogP contribution >= 0.6 is 11.8 Å². The van der Waals surface area contributed by atoms with Gasteiger partial charge in [-0.1, -0.05) is 49.9 Å². The molecule has 2 heterocycles. The summed E-state index contributed by atoms with van der Waals surface area (Å²) >= 11 is 1.26. The fraction of sp³-hybridized carbons (Fsp3) is 0.360. The summed E-state index contributed by atoms with van der Waals surface area (Å²) in [5.41, 5.74) is 0.418. The number of alkyl halides is 3. The Morgan fingerprint density at radius 1 is 1.06 bits per heavy atom. The predicted molar refractivity (Wildman–Crippen MR) is 124 cm³/mol. The molecule has 4 rings (SSSR count). The van der Waals surface area contributed by atoms with Crippen molar-refractivity contribution in [1.29, 1.82) is 0 Å². The van der Waals surface area contributed by atoms with Gasteiger partial charge in [0.25, 0.3) is 5.91 Å². The molecule has 2 aliphatic rings. The molecule has 4 nitrogen and oxygen atoms in total. The van der Waals surface area contributed by atoms with Gasteiger partial charge in [-0.15, -0.1) is 0 Å². The Balaban J connectivity index is 1.60. The molecule has 0 aromatic heterocycles. The van der Waals surface area contributed by atoms with E-state index in [2.05, 4.69) is 13.8 Å². The number of hydrogen-bond donors (Lipinski definition) is 0. The van der Waals surface area contributed by atoms with E-state index in [4.69, 9.17) is 0 Å². The maximum atomic E-state index is 13.4. The maximum Gasteiger partial charge on any atom is 0.416 e. The quantitative estimate of drug-likeness (QED) is 0.537. The molecule has 2 amide bonds. The van der Waals surface area contributed by atoms with Gasteiger partial charge < -0.3 is 4.90 Å². The van der Waals surface area contributed by atoms with Gasteiger partial charge in [-0.05, 0) is 54.2 Å². The zero-order valence-electron chi connectivity index (χ0n) is 18.4. The Morgan fingerprint density at radius 3 is 2.33 bits per heavy atom. The van der Waals surface area contributed by atoms with Gasteiger partial charge in [0.15, 0.2) is 0 Å². The van der Waals surface area contributed by atoms with Crippen LogP contribution in [0.1, 0.15) is 31.4 Å². The Kier molecular flexibility index (Phi) is 6.56. The molecule has 2 aromatic carbocycles. The van der Waals surface area contributed by atoms with Crippen LogP contribution in [0.2, 0.25) is 0 Å². The van der Waals surface area contributed by atoms with E-state index in [9.17, 15) is 22.8 Å². The molecule has 8 heteroatoms. The van der Waals surface area contributed by atoms with Crippen LogP contribution in [0.4, 0.5) is 18.9 Å². The molecule has 2 aliphatic heterocycles. The molecule has 0 saturated carbocycles. The normalized spacial score (nSPS) is 22.5. The number of para-hydroxylation sites is 1. The lowest BCUT2D eigenvalue weighted by molar-refractivity contribution is -0.137. The molecular weight excluding hydrogens is 449 g/mol. The molecule has 1 fully saturated rings. The van der Waals surface area contributed by atoms with E-state index in [1.807, 2.05) is 29.2 Å². The summed E-state index contributed by atoms with van der Waals surface area (Å²) < 4.78 is 38.6. The van der Waals surface area contributed by atoms with Crippen LogP contribution in [0.15, 0.2) is 58.3 Å². The smallest absolute Gasteiger partial charge is 0.341 e. The molecule has 33 heavy (non-hydrogen) atoms. The van der Waals surface area contributed by atoms with Crippen molar-refractivity contribution in [1.82, 2.24) is 4.90 Å². The number of thioether (sulfide) groups is 1. The van der Waals surface area contributed by atoms with Crippen molar-refractivity contribution in [3.05, 3.63) is 64.6 Å². The number of piperidine rings is 1. The lowest BCUT2D eigenvalue weighted by atomic mass is 9.92. The number of amides is 2. The summed E-state index contributed by atoms with van der Waals surface area (Å²) in [5.74, 6) is 0.392. The third kappa shape index (κ3) is 5.27. The van der Waals surface area contributed by atoms with E-state index >= 15 is 0 Å². The second-order valence-electron chi connectivity index (χ2n) is 8.83. The molecule has 0 spiro atoms. The van der Waals surface area contributed by atoms with Crippen LogP contribution < -0.4 is 4.90 Å². The van der Waals surface area contributed by atoms with E-state index < -0.39 is 11.7 Å². The third-order valence-electron chi connectivity index (χ3n) is 5.88. The number of likely N-dealkylation sites (tertiary alicyclic amines) is 1. The largest absolute Gasteiger partial charge is 0.416 e. The average molecular weight is 475 g/mol. The number of benzene rings is 2. The van der Waals surface area contributed by atoms with Crippen molar-refractivity contribution >= 4 is 35.3 Å². The monoisotopic (exact) mass is 474 g/mol. The first-order chi connectivity index (χ1) is 15.6. The number of hydrogen-bond acceptors (Lipinski definition) is 3. The number of carbonyl (C=O) groups excluding carboxylic acids is 2. The van der Waals surface area contributed by atoms with Crippen molar-refractivity contribution in [3.63, 3.8) is 0 Å². The minimum atomic E-state index is -4.42. The van der Waals surface area contributed by atoms with E-state index in [-0.39, 0.29) is 18.4 Å². The molecule has 1 saturated heterocycles. The van der Waals surface area contributed by atoms with E-state index in [0.717, 1.165) is 23.4 Å². The van der Waals surface area contributed by atoms with Gasteiger partial charge in [0.1, 0.15) is 6.54 Å². The standard InChI is InChI=1S/C25H25F3N2O2S/c1-16-11-17(2)14-29(13-16)23(31)15-30-20-5-3-4-6-21(20)33-22(24(30)32)12-18-7-9-19(10-8-18)25(26,27)28/h3-10,12,16-17H,11,13-15H2,1-2H3/b22-12+. The van der Waals surface area contributed by atoms with Gasteiger partial charge in [0.05, 0.1) is 16.2 Å². The van der Waals surface area contributed by atoms with E-state index in [0.29, 0.717) is 41.1 Å². The van der Waals surface area contributed by atoms with Crippen LogP contribution in [-0.2, 0) is 15.8 Å². The predicted octanol–water partition coefficient (Wildman–Crippen LogP) is 5.69. The zero-order chi connectivity index (χ0) is 23.8. The minimum absolute atomic E-state index is 0.0692. The Hall–Kier alpha value is -2.74.